The zero-order valence-electron chi connectivity index (χ0n) is 12.5. The number of benzene rings is 1. The van der Waals surface area contributed by atoms with E-state index in [9.17, 15) is 0 Å². The van der Waals surface area contributed by atoms with Gasteiger partial charge in [-0.1, -0.05) is 37.1 Å². The zero-order valence-corrected chi connectivity index (χ0v) is 13.3. The van der Waals surface area contributed by atoms with Gasteiger partial charge in [-0.25, -0.2) is 4.68 Å². The maximum Gasteiger partial charge on any atom is 0.0648 e. The van der Waals surface area contributed by atoms with E-state index in [0.29, 0.717) is 0 Å². The van der Waals surface area contributed by atoms with Gasteiger partial charge in [0.1, 0.15) is 0 Å². The quantitative estimate of drug-likeness (QED) is 0.763. The minimum absolute atomic E-state index is 0.735. The molecule has 0 aliphatic heterocycles. The molecule has 1 heterocycles. The molecule has 0 spiro atoms. The van der Waals surface area contributed by atoms with Gasteiger partial charge in [-0.3, -0.25) is 0 Å². The Morgan fingerprint density at radius 3 is 2.40 bits per heavy atom. The molecule has 4 heteroatoms. The molecule has 0 saturated carbocycles. The molecule has 2 aromatic rings. The molecule has 0 N–H and O–H groups in total. The van der Waals surface area contributed by atoms with Crippen LogP contribution in [0.2, 0.25) is 0 Å². The average molecular weight is 288 g/mol. The second kappa shape index (κ2) is 6.86. The van der Waals surface area contributed by atoms with E-state index >= 15 is 0 Å². The normalized spacial score (nSPS) is 11.2. The van der Waals surface area contributed by atoms with Crippen molar-refractivity contribution in [1.82, 2.24) is 14.7 Å². The summed E-state index contributed by atoms with van der Waals surface area (Å²) in [7, 11) is 0. The van der Waals surface area contributed by atoms with Crippen LogP contribution < -0.4 is 0 Å². The van der Waals surface area contributed by atoms with Crippen molar-refractivity contribution in [2.45, 2.75) is 32.2 Å². The largest absolute Gasteiger partial charge is 0.758 e. The van der Waals surface area contributed by atoms with Crippen LogP contribution in [0.4, 0.5) is 0 Å². The van der Waals surface area contributed by atoms with Crippen LogP contribution in [0.15, 0.2) is 35.4 Å². The van der Waals surface area contributed by atoms with Crippen LogP contribution in [-0.2, 0) is 19.0 Å². The van der Waals surface area contributed by atoms with Crippen LogP contribution in [0.25, 0.3) is 5.69 Å². The van der Waals surface area contributed by atoms with E-state index in [1.807, 2.05) is 22.9 Å². The van der Waals surface area contributed by atoms with Crippen molar-refractivity contribution in [1.29, 1.82) is 0 Å². The molecular formula is C16H22N3S-. The fourth-order valence-corrected chi connectivity index (χ4v) is 2.76. The van der Waals surface area contributed by atoms with Crippen molar-refractivity contribution in [2.75, 3.05) is 19.6 Å². The van der Waals surface area contributed by atoms with Gasteiger partial charge >= 0.3 is 0 Å². The van der Waals surface area contributed by atoms with Crippen LogP contribution in [0.3, 0.4) is 0 Å². The van der Waals surface area contributed by atoms with E-state index in [1.54, 1.807) is 0 Å². The molecule has 20 heavy (non-hydrogen) atoms. The van der Waals surface area contributed by atoms with E-state index in [2.05, 4.69) is 42.9 Å². The molecule has 2 rings (SSSR count). The van der Waals surface area contributed by atoms with Crippen LogP contribution >= 0.6 is 0 Å². The Kier molecular flexibility index (Phi) is 5.15. The summed E-state index contributed by atoms with van der Waals surface area (Å²) in [5.74, 6) is 0. The highest BCUT2D eigenvalue weighted by atomic mass is 32.1. The highest BCUT2D eigenvalue weighted by Crippen LogP contribution is 2.18. The van der Waals surface area contributed by atoms with Gasteiger partial charge in [-0.15, -0.1) is 0 Å². The first-order valence-electron chi connectivity index (χ1n) is 7.20. The first-order valence-corrected chi connectivity index (χ1v) is 7.61. The zero-order chi connectivity index (χ0) is 14.5. The second-order valence-corrected chi connectivity index (χ2v) is 5.28. The molecule has 0 bridgehead atoms. The number of hydrogen-bond donors (Lipinski definition) is 0. The Morgan fingerprint density at radius 2 is 1.80 bits per heavy atom. The third-order valence-corrected chi connectivity index (χ3v) is 4.10. The number of rotatable bonds is 6. The topological polar surface area (TPSA) is 21.1 Å². The van der Waals surface area contributed by atoms with Gasteiger partial charge in [0.15, 0.2) is 0 Å². The molecule has 0 saturated heterocycles. The lowest BCUT2D eigenvalue weighted by atomic mass is 10.2. The summed E-state index contributed by atoms with van der Waals surface area (Å²) in [5.41, 5.74) is 3.44. The smallest absolute Gasteiger partial charge is 0.0648 e. The van der Waals surface area contributed by atoms with Gasteiger partial charge in [-0.05, 0) is 44.1 Å². The summed E-state index contributed by atoms with van der Waals surface area (Å²) in [6, 6.07) is 10.2. The van der Waals surface area contributed by atoms with Crippen molar-refractivity contribution < 1.29 is 0 Å². The van der Waals surface area contributed by atoms with Gasteiger partial charge in [0.05, 0.1) is 5.69 Å². The Bertz CT molecular complexity index is 544. The van der Waals surface area contributed by atoms with E-state index in [-0.39, 0.29) is 0 Å². The number of nitrogens with zero attached hydrogens (tertiary/aromatic N) is 3. The predicted octanol–water partition coefficient (Wildman–Crippen LogP) is 2.97. The summed E-state index contributed by atoms with van der Waals surface area (Å²) in [5, 5.41) is 5.26. The van der Waals surface area contributed by atoms with Gasteiger partial charge < -0.3 is 17.5 Å². The van der Waals surface area contributed by atoms with Gasteiger partial charge in [-0.2, -0.15) is 5.10 Å². The third-order valence-electron chi connectivity index (χ3n) is 3.78. The van der Waals surface area contributed by atoms with E-state index in [0.717, 1.165) is 42.5 Å². The lowest BCUT2D eigenvalue weighted by Gasteiger charge is -2.18. The van der Waals surface area contributed by atoms with Crippen molar-refractivity contribution in [3.8, 4) is 5.69 Å². The maximum atomic E-state index is 5.43. The molecule has 0 atom stereocenters. The van der Waals surface area contributed by atoms with Crippen LogP contribution in [0, 0.1) is 6.92 Å². The third kappa shape index (κ3) is 3.19. The number of hydrogen-bond acceptors (Lipinski definition) is 3. The minimum atomic E-state index is 0.735. The van der Waals surface area contributed by atoms with Crippen molar-refractivity contribution in [2.24, 2.45) is 0 Å². The fourth-order valence-electron chi connectivity index (χ4n) is 2.43. The summed E-state index contributed by atoms with van der Waals surface area (Å²) in [4.78, 5) is 2.41. The van der Waals surface area contributed by atoms with Crippen LogP contribution in [-0.4, -0.2) is 34.3 Å². The first-order chi connectivity index (χ1) is 9.67. The van der Waals surface area contributed by atoms with Crippen LogP contribution in [0.1, 0.15) is 25.1 Å². The second-order valence-electron chi connectivity index (χ2n) is 4.89. The molecule has 1 aromatic heterocycles. The van der Waals surface area contributed by atoms with E-state index in [1.165, 1.54) is 5.56 Å². The standard InChI is InChI=1S/C16H23N3S/c1-4-18(5-2)12-11-15-13(3)19(17-16(15)20)14-9-7-6-8-10-14/h6-10H,4-5,11-12H2,1-3H3,(H,17,20)/p-1. The van der Waals surface area contributed by atoms with E-state index in [4.69, 9.17) is 12.6 Å². The lowest BCUT2D eigenvalue weighted by molar-refractivity contribution is 0.307. The molecule has 0 fully saturated rings. The van der Waals surface area contributed by atoms with Gasteiger partial charge in [0.25, 0.3) is 0 Å². The summed E-state index contributed by atoms with van der Waals surface area (Å²) < 4.78 is 1.96. The van der Waals surface area contributed by atoms with Crippen molar-refractivity contribution in [3.05, 3.63) is 41.6 Å². The van der Waals surface area contributed by atoms with Gasteiger partial charge in [0, 0.05) is 12.2 Å². The highest BCUT2D eigenvalue weighted by molar-refractivity contribution is 7.58. The molecule has 3 nitrogen and oxygen atoms in total. The molecule has 0 unspecified atom stereocenters. The maximum absolute atomic E-state index is 5.43. The first kappa shape index (κ1) is 15.0. The van der Waals surface area contributed by atoms with Crippen LogP contribution in [0.5, 0.6) is 0 Å². The van der Waals surface area contributed by atoms with Crippen molar-refractivity contribution in [3.63, 3.8) is 0 Å². The number of likely N-dealkylation sites (N-methyl/N-ethyl adjacent to an activating group) is 1. The molecule has 108 valence electrons. The van der Waals surface area contributed by atoms with Gasteiger partial charge in [0.2, 0.25) is 0 Å². The monoisotopic (exact) mass is 288 g/mol. The lowest BCUT2D eigenvalue weighted by Crippen LogP contribution is -2.25. The van der Waals surface area contributed by atoms with Crippen molar-refractivity contribution >= 4 is 12.6 Å². The molecule has 0 aliphatic rings. The fraction of sp³-hybridized carbons (Fsp3) is 0.438. The minimum Gasteiger partial charge on any atom is -0.758 e. The number of aromatic nitrogens is 2. The Balaban J connectivity index is 2.21. The SMILES string of the molecule is CCN(CC)CCc1c([S-])nn(-c2ccccc2)c1C. The summed E-state index contributed by atoms with van der Waals surface area (Å²) in [6.07, 6.45) is 0.971. The average Bonchev–Trinajstić information content (AvgIpc) is 2.77. The van der Waals surface area contributed by atoms with E-state index < -0.39 is 0 Å². The summed E-state index contributed by atoms with van der Waals surface area (Å²) in [6.45, 7) is 9.69. The molecule has 1 aromatic carbocycles. The summed E-state index contributed by atoms with van der Waals surface area (Å²) >= 11 is 5.43. The highest BCUT2D eigenvalue weighted by Gasteiger charge is 2.10. The molecular weight excluding hydrogens is 266 g/mol. The molecule has 0 amide bonds. The Hall–Kier alpha value is -1.39. The Morgan fingerprint density at radius 1 is 1.15 bits per heavy atom. The number of para-hydroxylation sites is 1. The Labute approximate surface area is 127 Å². The predicted molar refractivity (Wildman–Crippen MR) is 85.4 cm³/mol. The molecule has 0 aliphatic carbocycles. The molecule has 0 radical (unpaired) electrons.